The first kappa shape index (κ1) is 21.1. The molecule has 0 spiro atoms. The van der Waals surface area contributed by atoms with E-state index in [4.69, 9.17) is 0 Å². The third-order valence-corrected chi connectivity index (χ3v) is 5.53. The molecule has 2 aromatic rings. The van der Waals surface area contributed by atoms with Crippen LogP contribution in [0.4, 0.5) is 15.9 Å². The fraction of sp³-hybridized carbons (Fsp3) is 0.381. The van der Waals surface area contributed by atoms with Crippen molar-refractivity contribution in [2.75, 3.05) is 34.8 Å². The highest BCUT2D eigenvalue weighted by Crippen LogP contribution is 2.21. The van der Waals surface area contributed by atoms with Crippen LogP contribution in [-0.2, 0) is 16.1 Å². The number of pyridine rings is 1. The van der Waals surface area contributed by atoms with Gasteiger partial charge >= 0.3 is 0 Å². The topological polar surface area (TPSA) is 74.3 Å². The molecule has 0 aliphatic carbocycles. The van der Waals surface area contributed by atoms with Crippen LogP contribution in [0, 0.1) is 5.82 Å². The Bertz CT molecular complexity index is 826. The molecule has 154 valence electrons. The van der Waals surface area contributed by atoms with Crippen LogP contribution in [0.15, 0.2) is 42.6 Å². The number of piperidine rings is 1. The maximum absolute atomic E-state index is 12.9. The summed E-state index contributed by atoms with van der Waals surface area (Å²) in [5, 5.41) is 5.58. The molecule has 1 aliphatic rings. The van der Waals surface area contributed by atoms with Gasteiger partial charge in [-0.25, -0.2) is 9.37 Å². The maximum Gasteiger partial charge on any atom is 0.234 e. The Hall–Kier alpha value is -2.61. The number of nitrogens with zero attached hydrogens (tertiary/aromatic N) is 2. The summed E-state index contributed by atoms with van der Waals surface area (Å²) in [6.45, 7) is 2.41. The van der Waals surface area contributed by atoms with E-state index in [2.05, 4.69) is 20.5 Å². The van der Waals surface area contributed by atoms with Gasteiger partial charge in [0.25, 0.3) is 0 Å². The molecule has 1 aromatic carbocycles. The number of benzene rings is 1. The highest BCUT2D eigenvalue weighted by molar-refractivity contribution is 8.00. The summed E-state index contributed by atoms with van der Waals surface area (Å²) < 4.78 is 12.9. The second kappa shape index (κ2) is 10.8. The zero-order chi connectivity index (χ0) is 20.5. The number of hydrogen-bond donors (Lipinski definition) is 2. The van der Waals surface area contributed by atoms with Gasteiger partial charge in [0, 0.05) is 37.1 Å². The van der Waals surface area contributed by atoms with Crippen molar-refractivity contribution in [2.24, 2.45) is 0 Å². The summed E-state index contributed by atoms with van der Waals surface area (Å²) in [5.74, 6) is 0.573. The van der Waals surface area contributed by atoms with Crippen molar-refractivity contribution in [3.63, 3.8) is 0 Å². The predicted molar refractivity (Wildman–Crippen MR) is 115 cm³/mol. The van der Waals surface area contributed by atoms with Gasteiger partial charge in [0.15, 0.2) is 0 Å². The SMILES string of the molecule is O=C(CSCC(=O)Nc1ccc(F)cc1)NCc1cccnc1N1CCCCC1. The van der Waals surface area contributed by atoms with E-state index in [-0.39, 0.29) is 29.1 Å². The molecule has 2 heterocycles. The Labute approximate surface area is 174 Å². The van der Waals surface area contributed by atoms with Crippen LogP contribution in [0.2, 0.25) is 0 Å². The minimum atomic E-state index is -0.355. The van der Waals surface area contributed by atoms with Gasteiger partial charge in [-0.2, -0.15) is 0 Å². The first-order valence-electron chi connectivity index (χ1n) is 9.70. The minimum absolute atomic E-state index is 0.127. The smallest absolute Gasteiger partial charge is 0.234 e. The number of thioether (sulfide) groups is 1. The van der Waals surface area contributed by atoms with E-state index < -0.39 is 0 Å². The average Bonchev–Trinajstić information content (AvgIpc) is 2.75. The van der Waals surface area contributed by atoms with Crippen molar-refractivity contribution >= 4 is 35.1 Å². The lowest BCUT2D eigenvalue weighted by Crippen LogP contribution is -2.32. The van der Waals surface area contributed by atoms with E-state index in [1.807, 2.05) is 12.1 Å². The molecule has 0 saturated carbocycles. The van der Waals surface area contributed by atoms with Gasteiger partial charge in [0.1, 0.15) is 11.6 Å². The fourth-order valence-corrected chi connectivity index (χ4v) is 3.82. The third-order valence-electron chi connectivity index (χ3n) is 4.59. The molecule has 0 atom stereocenters. The number of carbonyl (C=O) groups excluding carboxylic acids is 2. The Morgan fingerprint density at radius 1 is 1.03 bits per heavy atom. The van der Waals surface area contributed by atoms with Crippen LogP contribution in [0.1, 0.15) is 24.8 Å². The number of carbonyl (C=O) groups is 2. The second-order valence-electron chi connectivity index (χ2n) is 6.86. The molecule has 8 heteroatoms. The highest BCUT2D eigenvalue weighted by atomic mass is 32.2. The predicted octanol–water partition coefficient (Wildman–Crippen LogP) is 3.20. The molecule has 3 rings (SSSR count). The lowest BCUT2D eigenvalue weighted by Gasteiger charge is -2.29. The van der Waals surface area contributed by atoms with Gasteiger partial charge in [-0.05, 0) is 49.6 Å². The highest BCUT2D eigenvalue weighted by Gasteiger charge is 2.16. The summed E-state index contributed by atoms with van der Waals surface area (Å²) in [5.41, 5.74) is 1.53. The zero-order valence-corrected chi connectivity index (χ0v) is 17.0. The van der Waals surface area contributed by atoms with Crippen LogP contribution in [-0.4, -0.2) is 41.4 Å². The van der Waals surface area contributed by atoms with Crippen LogP contribution in [0.5, 0.6) is 0 Å². The van der Waals surface area contributed by atoms with Crippen molar-refractivity contribution in [3.8, 4) is 0 Å². The van der Waals surface area contributed by atoms with Crippen molar-refractivity contribution in [3.05, 3.63) is 54.0 Å². The first-order chi connectivity index (χ1) is 14.1. The van der Waals surface area contributed by atoms with E-state index in [0.717, 1.165) is 24.5 Å². The zero-order valence-electron chi connectivity index (χ0n) is 16.2. The number of hydrogen-bond acceptors (Lipinski definition) is 5. The van der Waals surface area contributed by atoms with Gasteiger partial charge in [-0.3, -0.25) is 9.59 Å². The number of anilines is 2. The first-order valence-corrected chi connectivity index (χ1v) is 10.9. The Kier molecular flexibility index (Phi) is 7.86. The summed E-state index contributed by atoms with van der Waals surface area (Å²) in [6, 6.07) is 9.43. The molecule has 1 fully saturated rings. The minimum Gasteiger partial charge on any atom is -0.356 e. The summed E-state index contributed by atoms with van der Waals surface area (Å²) >= 11 is 1.24. The van der Waals surface area contributed by atoms with E-state index in [1.165, 1.54) is 55.3 Å². The van der Waals surface area contributed by atoms with E-state index in [1.54, 1.807) is 6.20 Å². The molecule has 1 saturated heterocycles. The monoisotopic (exact) mass is 416 g/mol. The van der Waals surface area contributed by atoms with Gasteiger partial charge in [-0.1, -0.05) is 6.07 Å². The molecule has 1 aromatic heterocycles. The van der Waals surface area contributed by atoms with Crippen molar-refractivity contribution in [1.29, 1.82) is 0 Å². The molecule has 0 radical (unpaired) electrons. The number of nitrogens with one attached hydrogen (secondary N) is 2. The molecule has 0 bridgehead atoms. The standard InChI is InChI=1S/C21H25FN4O2S/c22-17-6-8-18(9-7-17)25-20(28)15-29-14-19(27)24-13-16-5-4-10-23-21(16)26-11-2-1-3-12-26/h4-10H,1-3,11-15H2,(H,24,27)(H,25,28). The number of amides is 2. The fourth-order valence-electron chi connectivity index (χ4n) is 3.17. The quantitative estimate of drug-likeness (QED) is 0.691. The lowest BCUT2D eigenvalue weighted by atomic mass is 10.1. The van der Waals surface area contributed by atoms with Gasteiger partial charge < -0.3 is 15.5 Å². The number of aromatic nitrogens is 1. The molecular formula is C21H25FN4O2S. The maximum atomic E-state index is 12.9. The molecule has 2 amide bonds. The van der Waals surface area contributed by atoms with E-state index in [0.29, 0.717) is 12.2 Å². The largest absolute Gasteiger partial charge is 0.356 e. The summed E-state index contributed by atoms with van der Waals surface area (Å²) in [7, 11) is 0. The van der Waals surface area contributed by atoms with Crippen LogP contribution in [0.3, 0.4) is 0 Å². The number of halogens is 1. The van der Waals surface area contributed by atoms with Gasteiger partial charge in [-0.15, -0.1) is 11.8 Å². The van der Waals surface area contributed by atoms with Crippen LogP contribution < -0.4 is 15.5 Å². The lowest BCUT2D eigenvalue weighted by molar-refractivity contribution is -0.118. The molecule has 29 heavy (non-hydrogen) atoms. The second-order valence-corrected chi connectivity index (χ2v) is 7.84. The molecular weight excluding hydrogens is 391 g/mol. The van der Waals surface area contributed by atoms with Crippen molar-refractivity contribution in [2.45, 2.75) is 25.8 Å². The van der Waals surface area contributed by atoms with Gasteiger partial charge in [0.05, 0.1) is 11.5 Å². The van der Waals surface area contributed by atoms with Crippen molar-refractivity contribution in [1.82, 2.24) is 10.3 Å². The van der Waals surface area contributed by atoms with Gasteiger partial charge in [0.2, 0.25) is 11.8 Å². The van der Waals surface area contributed by atoms with Crippen molar-refractivity contribution < 1.29 is 14.0 Å². The Morgan fingerprint density at radius 2 is 1.76 bits per heavy atom. The van der Waals surface area contributed by atoms with E-state index >= 15 is 0 Å². The molecule has 1 aliphatic heterocycles. The summed E-state index contributed by atoms with van der Waals surface area (Å²) in [6.07, 6.45) is 5.37. The normalized spacial score (nSPS) is 13.8. The molecule has 0 unspecified atom stereocenters. The third kappa shape index (κ3) is 6.74. The Morgan fingerprint density at radius 3 is 2.52 bits per heavy atom. The number of rotatable bonds is 8. The molecule has 2 N–H and O–H groups in total. The summed E-state index contributed by atoms with van der Waals surface area (Å²) in [4.78, 5) is 30.8. The Balaban J connectivity index is 1.40. The molecule has 6 nitrogen and oxygen atoms in total. The van der Waals surface area contributed by atoms with Crippen LogP contribution >= 0.6 is 11.8 Å². The average molecular weight is 417 g/mol. The van der Waals surface area contributed by atoms with Crippen LogP contribution in [0.25, 0.3) is 0 Å². The van der Waals surface area contributed by atoms with E-state index in [9.17, 15) is 14.0 Å².